The molecule has 0 radical (unpaired) electrons. The van der Waals surface area contributed by atoms with Crippen molar-refractivity contribution in [2.75, 3.05) is 6.54 Å². The maximum absolute atomic E-state index is 4.29. The van der Waals surface area contributed by atoms with Crippen LogP contribution in [0.15, 0.2) is 18.5 Å². The second kappa shape index (κ2) is 5.42. The highest BCUT2D eigenvalue weighted by molar-refractivity contribution is 7.12. The average Bonchev–Trinajstić information content (AvgIpc) is 2.88. The van der Waals surface area contributed by atoms with Gasteiger partial charge in [-0.1, -0.05) is 6.92 Å². The van der Waals surface area contributed by atoms with Gasteiger partial charge in [-0.25, -0.2) is 4.98 Å². The van der Waals surface area contributed by atoms with Crippen molar-refractivity contribution in [1.82, 2.24) is 20.1 Å². The van der Waals surface area contributed by atoms with Crippen molar-refractivity contribution in [3.8, 4) is 0 Å². The van der Waals surface area contributed by atoms with Crippen LogP contribution < -0.4 is 5.32 Å². The Morgan fingerprint density at radius 3 is 2.82 bits per heavy atom. The molecule has 0 aliphatic carbocycles. The van der Waals surface area contributed by atoms with Gasteiger partial charge in [-0.05, 0) is 25.6 Å². The molecule has 2 aromatic rings. The van der Waals surface area contributed by atoms with E-state index >= 15 is 0 Å². The Balaban J connectivity index is 2.15. The number of thiophene rings is 1. The van der Waals surface area contributed by atoms with Crippen LogP contribution in [0, 0.1) is 6.92 Å². The maximum Gasteiger partial charge on any atom is 0.138 e. The SMILES string of the molecule is CCNC(Cc1ncnn1C)c1ccc(C)s1. The molecule has 0 aromatic carbocycles. The summed E-state index contributed by atoms with van der Waals surface area (Å²) in [4.78, 5) is 7.00. The number of nitrogens with one attached hydrogen (secondary N) is 1. The minimum Gasteiger partial charge on any atom is -0.309 e. The van der Waals surface area contributed by atoms with Crippen molar-refractivity contribution in [2.45, 2.75) is 26.3 Å². The standard InChI is InChI=1S/C12H18N4S/c1-4-13-10(11-6-5-9(2)17-11)7-12-14-8-15-16(12)3/h5-6,8,10,13H,4,7H2,1-3H3. The first-order valence-electron chi connectivity index (χ1n) is 5.83. The lowest BCUT2D eigenvalue weighted by atomic mass is 10.1. The maximum atomic E-state index is 4.29. The molecule has 0 aliphatic heterocycles. The van der Waals surface area contributed by atoms with Gasteiger partial charge in [0.1, 0.15) is 12.2 Å². The lowest BCUT2D eigenvalue weighted by Crippen LogP contribution is -2.23. The number of nitrogens with zero attached hydrogens (tertiary/aromatic N) is 3. The zero-order valence-electron chi connectivity index (χ0n) is 10.5. The van der Waals surface area contributed by atoms with Gasteiger partial charge in [-0.2, -0.15) is 5.10 Å². The van der Waals surface area contributed by atoms with Gasteiger partial charge in [0.15, 0.2) is 0 Å². The van der Waals surface area contributed by atoms with Gasteiger partial charge in [0.2, 0.25) is 0 Å². The molecule has 2 heterocycles. The summed E-state index contributed by atoms with van der Waals surface area (Å²) in [5.41, 5.74) is 0. The Hall–Kier alpha value is -1.20. The predicted octanol–water partition coefficient (Wildman–Crippen LogP) is 2.08. The predicted molar refractivity (Wildman–Crippen MR) is 70.2 cm³/mol. The highest BCUT2D eigenvalue weighted by Gasteiger charge is 2.15. The Morgan fingerprint density at radius 2 is 2.29 bits per heavy atom. The molecular weight excluding hydrogens is 232 g/mol. The lowest BCUT2D eigenvalue weighted by molar-refractivity contribution is 0.529. The zero-order chi connectivity index (χ0) is 12.3. The number of hydrogen-bond acceptors (Lipinski definition) is 4. The van der Waals surface area contributed by atoms with E-state index < -0.39 is 0 Å². The second-order valence-electron chi connectivity index (χ2n) is 4.06. The van der Waals surface area contributed by atoms with E-state index in [4.69, 9.17) is 0 Å². The molecular formula is C12H18N4S. The normalized spacial score (nSPS) is 12.9. The second-order valence-corrected chi connectivity index (χ2v) is 5.38. The van der Waals surface area contributed by atoms with E-state index in [0.29, 0.717) is 6.04 Å². The van der Waals surface area contributed by atoms with Gasteiger partial charge in [0, 0.05) is 29.3 Å². The molecule has 1 atom stereocenters. The summed E-state index contributed by atoms with van der Waals surface area (Å²) >= 11 is 1.84. The third-order valence-corrected chi connectivity index (χ3v) is 3.86. The molecule has 4 nitrogen and oxygen atoms in total. The Labute approximate surface area is 106 Å². The monoisotopic (exact) mass is 250 g/mol. The van der Waals surface area contributed by atoms with Crippen LogP contribution in [0.1, 0.15) is 28.5 Å². The van der Waals surface area contributed by atoms with E-state index in [9.17, 15) is 0 Å². The summed E-state index contributed by atoms with van der Waals surface area (Å²) in [6.07, 6.45) is 2.49. The third-order valence-electron chi connectivity index (χ3n) is 2.75. The third kappa shape index (κ3) is 2.92. The summed E-state index contributed by atoms with van der Waals surface area (Å²) in [6, 6.07) is 4.70. The summed E-state index contributed by atoms with van der Waals surface area (Å²) in [7, 11) is 1.94. The molecule has 0 saturated carbocycles. The highest BCUT2D eigenvalue weighted by atomic mass is 32.1. The van der Waals surface area contributed by atoms with Gasteiger partial charge < -0.3 is 5.32 Å². The quantitative estimate of drug-likeness (QED) is 0.883. The lowest BCUT2D eigenvalue weighted by Gasteiger charge is -2.15. The number of aromatic nitrogens is 3. The highest BCUT2D eigenvalue weighted by Crippen LogP contribution is 2.25. The molecule has 0 bridgehead atoms. The van der Waals surface area contributed by atoms with E-state index in [1.54, 1.807) is 6.33 Å². The fourth-order valence-corrected chi connectivity index (χ4v) is 2.80. The first-order valence-corrected chi connectivity index (χ1v) is 6.65. The number of rotatable bonds is 5. The van der Waals surface area contributed by atoms with Crippen LogP contribution in [-0.4, -0.2) is 21.3 Å². The average molecular weight is 250 g/mol. The van der Waals surface area contributed by atoms with Crippen molar-refractivity contribution in [1.29, 1.82) is 0 Å². The molecule has 0 aliphatic rings. The van der Waals surface area contributed by atoms with Gasteiger partial charge in [0.25, 0.3) is 0 Å². The summed E-state index contributed by atoms with van der Waals surface area (Å²) in [5, 5.41) is 7.62. The van der Waals surface area contributed by atoms with E-state index in [1.165, 1.54) is 9.75 Å². The Bertz CT molecular complexity index is 474. The van der Waals surface area contributed by atoms with Crippen LogP contribution in [0.3, 0.4) is 0 Å². The minimum absolute atomic E-state index is 0.335. The molecule has 5 heteroatoms. The van der Waals surface area contributed by atoms with Crippen molar-refractivity contribution in [2.24, 2.45) is 7.05 Å². The zero-order valence-corrected chi connectivity index (χ0v) is 11.3. The Kier molecular flexibility index (Phi) is 3.91. The molecule has 1 N–H and O–H groups in total. The van der Waals surface area contributed by atoms with E-state index in [1.807, 2.05) is 23.1 Å². The van der Waals surface area contributed by atoms with Gasteiger partial charge in [-0.3, -0.25) is 4.68 Å². The molecule has 2 rings (SSSR count). The number of likely N-dealkylation sites (N-methyl/N-ethyl adjacent to an activating group) is 1. The first-order chi connectivity index (χ1) is 8.20. The van der Waals surface area contributed by atoms with Crippen molar-refractivity contribution in [3.05, 3.63) is 34.0 Å². The molecule has 1 unspecified atom stereocenters. The summed E-state index contributed by atoms with van der Waals surface area (Å²) in [6.45, 7) is 5.23. The molecule has 0 fully saturated rings. The van der Waals surface area contributed by atoms with E-state index in [-0.39, 0.29) is 0 Å². The van der Waals surface area contributed by atoms with E-state index in [2.05, 4.69) is 41.4 Å². The summed E-state index contributed by atoms with van der Waals surface area (Å²) in [5.74, 6) is 1.02. The largest absolute Gasteiger partial charge is 0.309 e. The Morgan fingerprint density at radius 1 is 1.47 bits per heavy atom. The molecule has 17 heavy (non-hydrogen) atoms. The molecule has 92 valence electrons. The van der Waals surface area contributed by atoms with Crippen LogP contribution >= 0.6 is 11.3 Å². The van der Waals surface area contributed by atoms with Crippen LogP contribution in [0.4, 0.5) is 0 Å². The minimum atomic E-state index is 0.335. The van der Waals surface area contributed by atoms with Gasteiger partial charge in [0.05, 0.1) is 0 Å². The van der Waals surface area contributed by atoms with Crippen molar-refractivity contribution < 1.29 is 0 Å². The van der Waals surface area contributed by atoms with Gasteiger partial charge in [-0.15, -0.1) is 11.3 Å². The van der Waals surface area contributed by atoms with Crippen LogP contribution in [0.2, 0.25) is 0 Å². The van der Waals surface area contributed by atoms with Crippen molar-refractivity contribution in [3.63, 3.8) is 0 Å². The van der Waals surface area contributed by atoms with Crippen molar-refractivity contribution >= 4 is 11.3 Å². The fraction of sp³-hybridized carbons (Fsp3) is 0.500. The smallest absolute Gasteiger partial charge is 0.138 e. The topological polar surface area (TPSA) is 42.7 Å². The van der Waals surface area contributed by atoms with Crippen LogP contribution in [-0.2, 0) is 13.5 Å². The number of hydrogen-bond donors (Lipinski definition) is 1. The number of aryl methyl sites for hydroxylation is 2. The molecule has 0 amide bonds. The fourth-order valence-electron chi connectivity index (χ4n) is 1.85. The molecule has 0 spiro atoms. The van der Waals surface area contributed by atoms with Crippen LogP contribution in [0.5, 0.6) is 0 Å². The molecule has 0 saturated heterocycles. The molecule has 2 aromatic heterocycles. The van der Waals surface area contributed by atoms with Gasteiger partial charge >= 0.3 is 0 Å². The summed E-state index contributed by atoms with van der Waals surface area (Å²) < 4.78 is 1.84. The van der Waals surface area contributed by atoms with E-state index in [0.717, 1.165) is 18.8 Å². The van der Waals surface area contributed by atoms with Crippen LogP contribution in [0.25, 0.3) is 0 Å². The first kappa shape index (κ1) is 12.3.